The van der Waals surface area contributed by atoms with Crippen LogP contribution in [0.2, 0.25) is 0 Å². The summed E-state index contributed by atoms with van der Waals surface area (Å²) in [5.74, 6) is -1.86. The fraction of sp³-hybridized carbons (Fsp3) is 0.556. The molecular weight excluding hydrogens is 241 g/mol. The molecule has 0 saturated heterocycles. The Morgan fingerprint density at radius 1 is 1.59 bits per heavy atom. The van der Waals surface area contributed by atoms with E-state index in [1.54, 1.807) is 6.92 Å². The number of hydrogen-bond acceptors (Lipinski definition) is 4. The van der Waals surface area contributed by atoms with Gasteiger partial charge in [-0.05, 0) is 13.8 Å². The van der Waals surface area contributed by atoms with Crippen LogP contribution in [0.3, 0.4) is 0 Å². The number of aryl methyl sites for hydroxylation is 1. The normalized spacial score (nSPS) is 15.6. The van der Waals surface area contributed by atoms with Crippen molar-refractivity contribution in [2.45, 2.75) is 32.1 Å². The SMILES string of the molecule is Cc1cc(CNC(C)(C(=O)O)C(F)(F)F)on1. The number of carboxylic acids is 1. The van der Waals surface area contributed by atoms with Gasteiger partial charge in [0.25, 0.3) is 0 Å². The molecule has 1 heterocycles. The lowest BCUT2D eigenvalue weighted by molar-refractivity contribution is -0.206. The lowest BCUT2D eigenvalue weighted by Crippen LogP contribution is -2.59. The van der Waals surface area contributed by atoms with Gasteiger partial charge in [-0.15, -0.1) is 0 Å². The van der Waals surface area contributed by atoms with Crippen molar-refractivity contribution in [2.75, 3.05) is 0 Å². The third-order valence-electron chi connectivity index (χ3n) is 2.29. The molecule has 1 unspecified atom stereocenters. The van der Waals surface area contributed by atoms with E-state index >= 15 is 0 Å². The van der Waals surface area contributed by atoms with E-state index in [2.05, 4.69) is 9.68 Å². The summed E-state index contributed by atoms with van der Waals surface area (Å²) in [6.07, 6.45) is -4.91. The van der Waals surface area contributed by atoms with Gasteiger partial charge in [-0.3, -0.25) is 5.32 Å². The number of nitrogens with zero attached hydrogens (tertiary/aromatic N) is 1. The molecule has 0 aliphatic carbocycles. The molecule has 0 fully saturated rings. The van der Waals surface area contributed by atoms with Crippen molar-refractivity contribution in [1.82, 2.24) is 10.5 Å². The van der Waals surface area contributed by atoms with Crippen molar-refractivity contribution in [2.24, 2.45) is 0 Å². The number of halogens is 3. The number of carboxylic acid groups (broad SMARTS) is 1. The summed E-state index contributed by atoms with van der Waals surface area (Å²) in [7, 11) is 0. The van der Waals surface area contributed by atoms with Crippen molar-refractivity contribution in [3.8, 4) is 0 Å². The fourth-order valence-corrected chi connectivity index (χ4v) is 1.06. The maximum atomic E-state index is 12.6. The monoisotopic (exact) mass is 252 g/mol. The molecule has 1 aromatic heterocycles. The Morgan fingerprint density at radius 3 is 2.53 bits per heavy atom. The average molecular weight is 252 g/mol. The summed E-state index contributed by atoms with van der Waals surface area (Å²) < 4.78 is 42.4. The molecule has 0 amide bonds. The molecule has 0 aromatic carbocycles. The maximum absolute atomic E-state index is 12.6. The van der Waals surface area contributed by atoms with Gasteiger partial charge in [-0.25, -0.2) is 4.79 Å². The molecule has 8 heteroatoms. The first-order valence-electron chi connectivity index (χ1n) is 4.64. The van der Waals surface area contributed by atoms with Crippen LogP contribution in [0.1, 0.15) is 18.4 Å². The lowest BCUT2D eigenvalue weighted by Gasteiger charge is -2.28. The Labute approximate surface area is 94.6 Å². The topological polar surface area (TPSA) is 75.4 Å². The van der Waals surface area contributed by atoms with Crippen LogP contribution in [0.4, 0.5) is 13.2 Å². The summed E-state index contributed by atoms with van der Waals surface area (Å²) >= 11 is 0. The quantitative estimate of drug-likeness (QED) is 0.848. The first-order chi connectivity index (χ1) is 7.67. The molecule has 1 aromatic rings. The highest BCUT2D eigenvalue weighted by atomic mass is 19.4. The summed E-state index contributed by atoms with van der Waals surface area (Å²) in [6.45, 7) is 1.79. The Balaban J connectivity index is 2.79. The summed E-state index contributed by atoms with van der Waals surface area (Å²) in [4.78, 5) is 10.7. The minimum absolute atomic E-state index is 0.138. The number of aliphatic carboxylic acids is 1. The third-order valence-corrected chi connectivity index (χ3v) is 2.29. The van der Waals surface area contributed by atoms with Crippen molar-refractivity contribution in [1.29, 1.82) is 0 Å². The van der Waals surface area contributed by atoms with Gasteiger partial charge < -0.3 is 9.63 Å². The van der Waals surface area contributed by atoms with E-state index in [0.29, 0.717) is 12.6 Å². The molecule has 1 atom stereocenters. The van der Waals surface area contributed by atoms with Crippen LogP contribution >= 0.6 is 0 Å². The molecule has 5 nitrogen and oxygen atoms in total. The summed E-state index contributed by atoms with van der Waals surface area (Å²) in [5.41, 5.74) is -2.51. The van der Waals surface area contributed by atoms with E-state index in [-0.39, 0.29) is 12.3 Å². The second kappa shape index (κ2) is 4.36. The highest BCUT2D eigenvalue weighted by Crippen LogP contribution is 2.30. The van der Waals surface area contributed by atoms with E-state index in [0.717, 1.165) is 0 Å². The second-order valence-corrected chi connectivity index (χ2v) is 3.72. The van der Waals surface area contributed by atoms with E-state index in [1.807, 2.05) is 5.32 Å². The third kappa shape index (κ3) is 2.76. The highest BCUT2D eigenvalue weighted by Gasteiger charge is 2.57. The van der Waals surface area contributed by atoms with E-state index < -0.39 is 17.7 Å². The molecule has 0 aliphatic rings. The smallest absolute Gasteiger partial charge is 0.417 e. The Hall–Kier alpha value is -1.57. The van der Waals surface area contributed by atoms with Crippen LogP contribution in [0.25, 0.3) is 0 Å². The average Bonchev–Trinajstić information content (AvgIpc) is 2.58. The molecule has 96 valence electrons. The van der Waals surface area contributed by atoms with E-state index in [1.165, 1.54) is 6.07 Å². The summed E-state index contributed by atoms with van der Waals surface area (Å²) in [5, 5.41) is 14.0. The van der Waals surface area contributed by atoms with Crippen molar-refractivity contribution >= 4 is 5.97 Å². The zero-order valence-corrected chi connectivity index (χ0v) is 9.13. The van der Waals surface area contributed by atoms with Crippen LogP contribution in [0.15, 0.2) is 10.6 Å². The van der Waals surface area contributed by atoms with Crippen LogP contribution in [0, 0.1) is 6.92 Å². The molecule has 0 radical (unpaired) electrons. The maximum Gasteiger partial charge on any atom is 0.417 e. The van der Waals surface area contributed by atoms with Gasteiger partial charge in [0.05, 0.1) is 12.2 Å². The van der Waals surface area contributed by atoms with Gasteiger partial charge in [0.1, 0.15) is 0 Å². The molecule has 0 spiro atoms. The standard InChI is InChI=1S/C9H11F3N2O3/c1-5-3-6(17-14-5)4-13-8(2,7(15)16)9(10,11)12/h3,13H,4H2,1-2H3,(H,15,16). The minimum atomic E-state index is -4.91. The van der Waals surface area contributed by atoms with Gasteiger partial charge in [0, 0.05) is 6.07 Å². The van der Waals surface area contributed by atoms with E-state index in [4.69, 9.17) is 5.11 Å². The number of alkyl halides is 3. The van der Waals surface area contributed by atoms with Crippen LogP contribution in [-0.4, -0.2) is 27.9 Å². The minimum Gasteiger partial charge on any atom is -0.480 e. The molecule has 17 heavy (non-hydrogen) atoms. The number of rotatable bonds is 4. The molecule has 0 bridgehead atoms. The Kier molecular flexibility index (Phi) is 3.46. The summed E-state index contributed by atoms with van der Waals surface area (Å²) in [6, 6.07) is 1.42. The molecule has 2 N–H and O–H groups in total. The number of hydrogen-bond donors (Lipinski definition) is 2. The van der Waals surface area contributed by atoms with Crippen molar-refractivity contribution < 1.29 is 27.6 Å². The van der Waals surface area contributed by atoms with Gasteiger partial charge in [-0.1, -0.05) is 5.16 Å². The Bertz CT molecular complexity index is 416. The predicted octanol–water partition coefficient (Wildman–Crippen LogP) is 1.48. The number of aromatic nitrogens is 1. The van der Waals surface area contributed by atoms with Crippen molar-refractivity contribution in [3.05, 3.63) is 17.5 Å². The lowest BCUT2D eigenvalue weighted by atomic mass is 10.0. The van der Waals surface area contributed by atoms with Gasteiger partial charge in [-0.2, -0.15) is 13.2 Å². The van der Waals surface area contributed by atoms with Crippen molar-refractivity contribution in [3.63, 3.8) is 0 Å². The predicted molar refractivity (Wildman–Crippen MR) is 50.2 cm³/mol. The van der Waals surface area contributed by atoms with E-state index in [9.17, 15) is 18.0 Å². The Morgan fingerprint density at radius 2 is 2.18 bits per heavy atom. The number of carbonyl (C=O) groups is 1. The first kappa shape index (κ1) is 13.5. The molecule has 0 saturated carbocycles. The van der Waals surface area contributed by atoms with Gasteiger partial charge in [0.15, 0.2) is 5.76 Å². The van der Waals surface area contributed by atoms with Gasteiger partial charge in [0.2, 0.25) is 5.54 Å². The zero-order chi connectivity index (χ0) is 13.3. The van der Waals surface area contributed by atoms with Crippen LogP contribution in [0.5, 0.6) is 0 Å². The zero-order valence-electron chi connectivity index (χ0n) is 9.13. The highest BCUT2D eigenvalue weighted by molar-refractivity contribution is 5.79. The molecule has 0 aliphatic heterocycles. The largest absolute Gasteiger partial charge is 0.480 e. The van der Waals surface area contributed by atoms with Crippen LogP contribution in [-0.2, 0) is 11.3 Å². The van der Waals surface area contributed by atoms with Gasteiger partial charge >= 0.3 is 12.1 Å². The molecule has 1 rings (SSSR count). The molecular formula is C9H11F3N2O3. The van der Waals surface area contributed by atoms with Crippen LogP contribution < -0.4 is 5.32 Å². The fourth-order valence-electron chi connectivity index (χ4n) is 1.06. The second-order valence-electron chi connectivity index (χ2n) is 3.72. The number of nitrogens with one attached hydrogen (secondary N) is 1. The first-order valence-corrected chi connectivity index (χ1v) is 4.64.